The van der Waals surface area contributed by atoms with Crippen molar-refractivity contribution in [2.75, 3.05) is 32.7 Å². The number of hydrogen-bond acceptors (Lipinski definition) is 3. The average molecular weight is 271 g/mol. The fourth-order valence-electron chi connectivity index (χ4n) is 2.23. The first-order valence-electron chi connectivity index (χ1n) is 6.84. The van der Waals surface area contributed by atoms with E-state index < -0.39 is 5.97 Å². The number of hydrogen-bond donors (Lipinski definition) is 1. The first-order valence-corrected chi connectivity index (χ1v) is 6.84. The largest absolute Gasteiger partial charge is 0.480 e. The third-order valence-electron chi connectivity index (χ3n) is 3.49. The summed E-state index contributed by atoms with van der Waals surface area (Å²) in [7, 11) is 0. The van der Waals surface area contributed by atoms with Crippen LogP contribution in [0.4, 0.5) is 4.79 Å². The summed E-state index contributed by atoms with van der Waals surface area (Å²) in [5.74, 6) is -0.970. The monoisotopic (exact) mass is 271 g/mol. The van der Waals surface area contributed by atoms with Crippen molar-refractivity contribution in [3.8, 4) is 0 Å². The molecule has 19 heavy (non-hydrogen) atoms. The predicted octanol–water partition coefficient (Wildman–Crippen LogP) is 0.927. The highest BCUT2D eigenvalue weighted by Crippen LogP contribution is 2.10. The summed E-state index contributed by atoms with van der Waals surface area (Å²) >= 11 is 0. The van der Waals surface area contributed by atoms with Gasteiger partial charge < -0.3 is 14.9 Å². The lowest BCUT2D eigenvalue weighted by Crippen LogP contribution is -2.56. The number of amides is 2. The molecule has 1 N–H and O–H groups in total. The molecule has 0 aromatic heterocycles. The van der Waals surface area contributed by atoms with Crippen molar-refractivity contribution in [3.63, 3.8) is 0 Å². The van der Waals surface area contributed by atoms with Gasteiger partial charge in [-0.05, 0) is 27.7 Å². The van der Waals surface area contributed by atoms with Crippen molar-refractivity contribution in [2.45, 2.75) is 39.8 Å². The number of rotatable bonds is 4. The Morgan fingerprint density at radius 3 is 2.00 bits per heavy atom. The van der Waals surface area contributed by atoms with Crippen LogP contribution in [0.3, 0.4) is 0 Å². The maximum Gasteiger partial charge on any atom is 0.323 e. The number of nitrogens with zero attached hydrogens (tertiary/aromatic N) is 3. The molecule has 0 spiro atoms. The quantitative estimate of drug-likeness (QED) is 0.826. The van der Waals surface area contributed by atoms with Gasteiger partial charge in [-0.25, -0.2) is 4.79 Å². The van der Waals surface area contributed by atoms with Crippen LogP contribution in [0.5, 0.6) is 0 Å². The van der Waals surface area contributed by atoms with E-state index in [1.165, 1.54) is 4.90 Å². The van der Waals surface area contributed by atoms with Crippen molar-refractivity contribution in [1.82, 2.24) is 14.7 Å². The molecule has 0 unspecified atom stereocenters. The Morgan fingerprint density at radius 1 is 1.11 bits per heavy atom. The molecule has 6 heteroatoms. The van der Waals surface area contributed by atoms with Gasteiger partial charge in [-0.3, -0.25) is 9.69 Å². The van der Waals surface area contributed by atoms with Crippen LogP contribution in [0.15, 0.2) is 0 Å². The van der Waals surface area contributed by atoms with Crippen molar-refractivity contribution in [1.29, 1.82) is 0 Å². The van der Waals surface area contributed by atoms with Crippen LogP contribution in [-0.4, -0.2) is 76.6 Å². The lowest BCUT2D eigenvalue weighted by Gasteiger charge is -2.39. The molecule has 0 bridgehead atoms. The maximum absolute atomic E-state index is 12.3. The van der Waals surface area contributed by atoms with E-state index >= 15 is 0 Å². The van der Waals surface area contributed by atoms with E-state index in [1.54, 1.807) is 4.90 Å². The van der Waals surface area contributed by atoms with E-state index in [0.29, 0.717) is 19.1 Å². The topological polar surface area (TPSA) is 64.1 Å². The molecule has 1 aliphatic rings. The fraction of sp³-hybridized carbons (Fsp3) is 0.846. The lowest BCUT2D eigenvalue weighted by atomic mass is 10.2. The molecular formula is C13H25N3O3. The second kappa shape index (κ2) is 6.75. The molecule has 2 amide bonds. The first kappa shape index (κ1) is 15.8. The van der Waals surface area contributed by atoms with E-state index in [4.69, 9.17) is 5.11 Å². The Balaban J connectivity index is 2.59. The maximum atomic E-state index is 12.3. The third kappa shape index (κ3) is 4.38. The smallest absolute Gasteiger partial charge is 0.323 e. The van der Waals surface area contributed by atoms with Crippen LogP contribution in [-0.2, 0) is 4.79 Å². The number of aliphatic carboxylic acids is 1. The molecule has 0 aromatic rings. The SMILES string of the molecule is CC(C)N1CCN(C(=O)N(CC(=O)O)C(C)C)CC1. The minimum absolute atomic E-state index is 0.105. The normalized spacial score (nSPS) is 17.1. The second-order valence-electron chi connectivity index (χ2n) is 5.51. The van der Waals surface area contributed by atoms with Crippen molar-refractivity contribution < 1.29 is 14.7 Å². The molecule has 1 fully saturated rings. The van der Waals surface area contributed by atoms with Gasteiger partial charge >= 0.3 is 12.0 Å². The fourth-order valence-corrected chi connectivity index (χ4v) is 2.23. The molecule has 1 rings (SSSR count). The van der Waals surface area contributed by atoms with Gasteiger partial charge in [0, 0.05) is 38.3 Å². The number of carboxylic acids is 1. The van der Waals surface area contributed by atoms with E-state index in [0.717, 1.165) is 13.1 Å². The summed E-state index contributed by atoms with van der Waals surface area (Å²) in [5, 5.41) is 8.87. The Kier molecular flexibility index (Phi) is 5.60. The highest BCUT2D eigenvalue weighted by atomic mass is 16.4. The molecule has 0 radical (unpaired) electrons. The summed E-state index contributed by atoms with van der Waals surface area (Å²) in [6.07, 6.45) is 0. The Hall–Kier alpha value is -1.30. The average Bonchev–Trinajstić information content (AvgIpc) is 2.34. The highest BCUT2D eigenvalue weighted by molar-refractivity contribution is 5.80. The molecule has 1 aliphatic heterocycles. The van der Waals surface area contributed by atoms with Crippen LogP contribution in [0.25, 0.3) is 0 Å². The summed E-state index contributed by atoms with van der Waals surface area (Å²) in [6, 6.07) is 0.213. The summed E-state index contributed by atoms with van der Waals surface area (Å²) in [4.78, 5) is 28.6. The van der Waals surface area contributed by atoms with Crippen LogP contribution in [0.1, 0.15) is 27.7 Å². The zero-order valence-electron chi connectivity index (χ0n) is 12.3. The predicted molar refractivity (Wildman–Crippen MR) is 73.2 cm³/mol. The number of urea groups is 1. The molecule has 1 saturated heterocycles. The zero-order valence-corrected chi connectivity index (χ0v) is 12.3. The Bertz CT molecular complexity index is 323. The van der Waals surface area contributed by atoms with Gasteiger partial charge in [-0.15, -0.1) is 0 Å². The van der Waals surface area contributed by atoms with E-state index in [1.807, 2.05) is 13.8 Å². The summed E-state index contributed by atoms with van der Waals surface area (Å²) in [6.45, 7) is 10.8. The summed E-state index contributed by atoms with van der Waals surface area (Å²) < 4.78 is 0. The van der Waals surface area contributed by atoms with Crippen LogP contribution < -0.4 is 0 Å². The Labute approximate surface area is 115 Å². The van der Waals surface area contributed by atoms with E-state index in [-0.39, 0.29) is 18.6 Å². The third-order valence-corrected chi connectivity index (χ3v) is 3.49. The molecule has 110 valence electrons. The van der Waals surface area contributed by atoms with Gasteiger partial charge in [0.05, 0.1) is 0 Å². The Morgan fingerprint density at radius 2 is 1.63 bits per heavy atom. The van der Waals surface area contributed by atoms with Gasteiger partial charge in [0.15, 0.2) is 0 Å². The molecule has 6 nitrogen and oxygen atoms in total. The molecular weight excluding hydrogens is 246 g/mol. The number of piperazine rings is 1. The van der Waals surface area contributed by atoms with Crippen LogP contribution >= 0.6 is 0 Å². The van der Waals surface area contributed by atoms with Gasteiger partial charge in [0.1, 0.15) is 6.54 Å². The number of carboxylic acid groups (broad SMARTS) is 1. The van der Waals surface area contributed by atoms with E-state index in [2.05, 4.69) is 18.7 Å². The van der Waals surface area contributed by atoms with Crippen LogP contribution in [0.2, 0.25) is 0 Å². The minimum atomic E-state index is -0.970. The van der Waals surface area contributed by atoms with Crippen molar-refractivity contribution >= 4 is 12.0 Å². The molecule has 0 aliphatic carbocycles. The lowest BCUT2D eigenvalue weighted by molar-refractivity contribution is -0.138. The minimum Gasteiger partial charge on any atom is -0.480 e. The van der Waals surface area contributed by atoms with Gasteiger partial charge in [-0.2, -0.15) is 0 Å². The molecule has 0 saturated carbocycles. The van der Waals surface area contributed by atoms with E-state index in [9.17, 15) is 9.59 Å². The highest BCUT2D eigenvalue weighted by Gasteiger charge is 2.28. The standard InChI is InChI=1S/C13H25N3O3/c1-10(2)14-5-7-15(8-6-14)13(19)16(11(3)4)9-12(17)18/h10-11H,5-9H2,1-4H3,(H,17,18). The molecule has 0 atom stereocenters. The van der Waals surface area contributed by atoms with Gasteiger partial charge in [0.2, 0.25) is 0 Å². The molecule has 1 heterocycles. The summed E-state index contributed by atoms with van der Waals surface area (Å²) in [5.41, 5.74) is 0. The van der Waals surface area contributed by atoms with Crippen LogP contribution in [0, 0.1) is 0 Å². The first-order chi connectivity index (χ1) is 8.82. The second-order valence-corrected chi connectivity index (χ2v) is 5.51. The number of carbonyl (C=O) groups excluding carboxylic acids is 1. The zero-order chi connectivity index (χ0) is 14.6. The number of carbonyl (C=O) groups is 2. The molecule has 0 aromatic carbocycles. The van der Waals surface area contributed by atoms with Gasteiger partial charge in [0.25, 0.3) is 0 Å². The van der Waals surface area contributed by atoms with Crippen molar-refractivity contribution in [2.24, 2.45) is 0 Å². The van der Waals surface area contributed by atoms with Gasteiger partial charge in [-0.1, -0.05) is 0 Å². The van der Waals surface area contributed by atoms with Crippen molar-refractivity contribution in [3.05, 3.63) is 0 Å².